The van der Waals surface area contributed by atoms with Crippen LogP contribution in [0.25, 0.3) is 0 Å². The van der Waals surface area contributed by atoms with Crippen molar-refractivity contribution in [2.24, 2.45) is 11.8 Å². The zero-order valence-electron chi connectivity index (χ0n) is 23.2. The topological polar surface area (TPSA) is 105 Å². The van der Waals surface area contributed by atoms with Gasteiger partial charge in [-0.15, -0.1) is 0 Å². The quantitative estimate of drug-likeness (QED) is 0.515. The molecule has 1 unspecified atom stereocenters. The Labute approximate surface area is 226 Å². The highest BCUT2D eigenvalue weighted by molar-refractivity contribution is 5.83. The van der Waals surface area contributed by atoms with Gasteiger partial charge >= 0.3 is 12.1 Å². The fraction of sp³-hybridized carbons (Fsp3) is 0.655. The highest BCUT2D eigenvalue weighted by Crippen LogP contribution is 2.25. The third-order valence-electron chi connectivity index (χ3n) is 7.35. The number of piperidine rings is 2. The van der Waals surface area contributed by atoms with Crippen LogP contribution in [-0.2, 0) is 23.9 Å². The van der Waals surface area contributed by atoms with Crippen molar-refractivity contribution in [1.82, 2.24) is 15.1 Å². The van der Waals surface area contributed by atoms with Crippen LogP contribution in [0.4, 0.5) is 4.79 Å². The van der Waals surface area contributed by atoms with Crippen LogP contribution in [0.1, 0.15) is 70.8 Å². The van der Waals surface area contributed by atoms with E-state index in [1.807, 2.05) is 51.1 Å². The van der Waals surface area contributed by atoms with Gasteiger partial charge in [-0.25, -0.2) is 4.79 Å². The highest BCUT2D eigenvalue weighted by atomic mass is 16.6. The summed E-state index contributed by atoms with van der Waals surface area (Å²) in [7, 11) is 1.34. The first-order chi connectivity index (χ1) is 18.1. The lowest BCUT2D eigenvalue weighted by atomic mass is 9.91. The maximum atomic E-state index is 13.0. The molecule has 0 aromatic heterocycles. The zero-order valence-corrected chi connectivity index (χ0v) is 23.2. The van der Waals surface area contributed by atoms with Crippen molar-refractivity contribution in [2.45, 2.75) is 70.8 Å². The Balaban J connectivity index is 1.42. The van der Waals surface area contributed by atoms with Gasteiger partial charge in [0.15, 0.2) is 0 Å². The molecule has 1 aromatic carbocycles. The van der Waals surface area contributed by atoms with E-state index in [0.29, 0.717) is 44.9 Å². The smallest absolute Gasteiger partial charge is 0.410 e. The van der Waals surface area contributed by atoms with E-state index in [9.17, 15) is 19.2 Å². The van der Waals surface area contributed by atoms with Gasteiger partial charge in [-0.3, -0.25) is 14.4 Å². The molecule has 38 heavy (non-hydrogen) atoms. The number of benzene rings is 1. The number of rotatable bonds is 8. The summed E-state index contributed by atoms with van der Waals surface area (Å²) in [6.45, 7) is 8.10. The largest absolute Gasteiger partial charge is 0.468 e. The van der Waals surface area contributed by atoms with Gasteiger partial charge in [0.05, 0.1) is 18.9 Å². The Morgan fingerprint density at radius 2 is 1.68 bits per heavy atom. The first kappa shape index (κ1) is 29.5. The van der Waals surface area contributed by atoms with Gasteiger partial charge in [0.1, 0.15) is 5.60 Å². The van der Waals surface area contributed by atoms with Crippen LogP contribution in [0, 0.1) is 11.8 Å². The molecule has 0 spiro atoms. The second-order valence-corrected chi connectivity index (χ2v) is 11.4. The molecule has 2 aliphatic rings. The molecule has 1 N–H and O–H groups in total. The molecule has 0 saturated carbocycles. The first-order valence-corrected chi connectivity index (χ1v) is 13.7. The number of hydrogen-bond acceptors (Lipinski definition) is 6. The Hall–Kier alpha value is -3.10. The number of ether oxygens (including phenoxy) is 2. The normalized spacial score (nSPS) is 19.4. The molecule has 0 radical (unpaired) electrons. The predicted octanol–water partition coefficient (Wildman–Crippen LogP) is 3.73. The lowest BCUT2D eigenvalue weighted by Crippen LogP contribution is -2.46. The van der Waals surface area contributed by atoms with Crippen LogP contribution >= 0.6 is 0 Å². The van der Waals surface area contributed by atoms with Crippen molar-refractivity contribution in [3.8, 4) is 0 Å². The summed E-state index contributed by atoms with van der Waals surface area (Å²) in [5.41, 5.74) is 0.283. The number of methoxy groups -OCH3 is 1. The van der Waals surface area contributed by atoms with Crippen LogP contribution in [0.5, 0.6) is 0 Å². The number of hydrogen-bond donors (Lipinski definition) is 1. The fourth-order valence-electron chi connectivity index (χ4n) is 5.15. The minimum atomic E-state index is -0.576. The van der Waals surface area contributed by atoms with E-state index in [0.717, 1.165) is 31.2 Å². The zero-order chi connectivity index (χ0) is 27.7. The predicted molar refractivity (Wildman–Crippen MR) is 143 cm³/mol. The molecule has 2 aliphatic heterocycles. The van der Waals surface area contributed by atoms with Gasteiger partial charge in [0.2, 0.25) is 11.8 Å². The summed E-state index contributed by atoms with van der Waals surface area (Å²) in [6.07, 6.45) is 4.17. The molecule has 0 aliphatic carbocycles. The lowest BCUT2D eigenvalue weighted by molar-refractivity contribution is -0.142. The van der Waals surface area contributed by atoms with Gasteiger partial charge in [0.25, 0.3) is 0 Å². The minimum absolute atomic E-state index is 0.0776. The Morgan fingerprint density at radius 3 is 2.32 bits per heavy atom. The van der Waals surface area contributed by atoms with E-state index in [-0.39, 0.29) is 30.4 Å². The van der Waals surface area contributed by atoms with E-state index in [2.05, 4.69) is 5.32 Å². The summed E-state index contributed by atoms with van der Waals surface area (Å²) >= 11 is 0. The van der Waals surface area contributed by atoms with Crippen molar-refractivity contribution in [3.05, 3.63) is 35.9 Å². The SMILES string of the molecule is COC(=O)C(CNC(=O)[C@@H]1CCCN(C(=O)CCC2CCN(C(=O)OC(C)(C)C)CC2)C1)c1ccccc1. The van der Waals surface area contributed by atoms with Gasteiger partial charge in [-0.2, -0.15) is 0 Å². The van der Waals surface area contributed by atoms with Crippen molar-refractivity contribution >= 4 is 23.9 Å². The van der Waals surface area contributed by atoms with Gasteiger partial charge in [-0.05, 0) is 64.4 Å². The highest BCUT2D eigenvalue weighted by Gasteiger charge is 2.31. The van der Waals surface area contributed by atoms with Crippen molar-refractivity contribution < 1.29 is 28.7 Å². The van der Waals surface area contributed by atoms with E-state index < -0.39 is 17.5 Å². The summed E-state index contributed by atoms with van der Waals surface area (Å²) < 4.78 is 10.4. The van der Waals surface area contributed by atoms with Crippen molar-refractivity contribution in [2.75, 3.05) is 39.8 Å². The molecular weight excluding hydrogens is 486 g/mol. The number of esters is 1. The molecule has 210 valence electrons. The number of nitrogens with zero attached hydrogens (tertiary/aromatic N) is 2. The van der Waals surface area contributed by atoms with E-state index in [1.54, 1.807) is 9.80 Å². The van der Waals surface area contributed by atoms with Crippen molar-refractivity contribution in [1.29, 1.82) is 0 Å². The molecule has 3 rings (SSSR count). The third kappa shape index (κ3) is 8.74. The monoisotopic (exact) mass is 529 g/mol. The van der Waals surface area contributed by atoms with Gasteiger partial charge in [-0.1, -0.05) is 30.3 Å². The average molecular weight is 530 g/mol. The molecule has 3 amide bonds. The molecule has 1 aromatic rings. The molecule has 2 saturated heterocycles. The number of nitrogens with one attached hydrogen (secondary N) is 1. The molecule has 9 nitrogen and oxygen atoms in total. The number of carbonyl (C=O) groups excluding carboxylic acids is 4. The van der Waals surface area contributed by atoms with Crippen LogP contribution in [0.3, 0.4) is 0 Å². The van der Waals surface area contributed by atoms with E-state index in [4.69, 9.17) is 9.47 Å². The number of amides is 3. The first-order valence-electron chi connectivity index (χ1n) is 13.7. The summed E-state index contributed by atoms with van der Waals surface area (Å²) in [4.78, 5) is 54.0. The molecule has 2 heterocycles. The number of likely N-dealkylation sites (tertiary alicyclic amines) is 2. The molecule has 9 heteroatoms. The lowest BCUT2D eigenvalue weighted by Gasteiger charge is -2.34. The fourth-order valence-corrected chi connectivity index (χ4v) is 5.15. The summed E-state index contributed by atoms with van der Waals surface area (Å²) in [5, 5.41) is 2.92. The Morgan fingerprint density at radius 1 is 1.00 bits per heavy atom. The van der Waals surface area contributed by atoms with Crippen molar-refractivity contribution in [3.63, 3.8) is 0 Å². The second kappa shape index (κ2) is 13.6. The molecule has 2 fully saturated rings. The van der Waals surface area contributed by atoms with Crippen LogP contribution < -0.4 is 5.32 Å². The Kier molecular flexibility index (Phi) is 10.6. The Bertz CT molecular complexity index is 953. The van der Waals surface area contributed by atoms with Crippen LogP contribution in [0.2, 0.25) is 0 Å². The third-order valence-corrected chi connectivity index (χ3v) is 7.35. The van der Waals surface area contributed by atoms with Crippen LogP contribution in [-0.4, -0.2) is 79.1 Å². The van der Waals surface area contributed by atoms with Crippen LogP contribution in [0.15, 0.2) is 30.3 Å². The minimum Gasteiger partial charge on any atom is -0.468 e. The maximum Gasteiger partial charge on any atom is 0.410 e. The maximum absolute atomic E-state index is 13.0. The number of carbonyl (C=O) groups is 4. The summed E-state index contributed by atoms with van der Waals surface area (Å²) in [6, 6.07) is 9.26. The summed E-state index contributed by atoms with van der Waals surface area (Å²) in [5.74, 6) is -0.925. The van der Waals surface area contributed by atoms with E-state index in [1.165, 1.54) is 7.11 Å². The van der Waals surface area contributed by atoms with Gasteiger partial charge < -0.3 is 24.6 Å². The molecule has 2 atom stereocenters. The van der Waals surface area contributed by atoms with E-state index >= 15 is 0 Å². The molecule has 0 bridgehead atoms. The second-order valence-electron chi connectivity index (χ2n) is 11.4. The molecular formula is C29H43N3O6. The average Bonchev–Trinajstić information content (AvgIpc) is 2.91. The van der Waals surface area contributed by atoms with Gasteiger partial charge in [0, 0.05) is 39.1 Å². The standard InChI is InChI=1S/C29H43N3O6/c1-29(2,3)38-28(36)31-17-14-21(15-18-31)12-13-25(33)32-16-8-11-23(20-32)26(34)30-19-24(27(35)37-4)22-9-6-5-7-10-22/h5-7,9-10,21,23-24H,8,11-20H2,1-4H3,(H,30,34)/t23-,24?/m1/s1.